The third-order valence-corrected chi connectivity index (χ3v) is 5.29. The van der Waals surface area contributed by atoms with Gasteiger partial charge < -0.3 is 15.0 Å². The molecule has 3 fully saturated rings. The van der Waals surface area contributed by atoms with Crippen LogP contribution in [0.25, 0.3) is 0 Å². The Labute approximate surface area is 118 Å². The van der Waals surface area contributed by atoms with Crippen LogP contribution in [-0.2, 0) is 4.74 Å². The maximum Gasteiger partial charge on any atom is 0.0697 e. The molecule has 2 saturated heterocycles. The number of nitrogens with one attached hydrogen (secondary N) is 1. The van der Waals surface area contributed by atoms with Crippen LogP contribution in [-0.4, -0.2) is 49.3 Å². The van der Waals surface area contributed by atoms with Gasteiger partial charge in [0.25, 0.3) is 0 Å². The Hall–Kier alpha value is -0.120. The standard InChI is InChI=1S/C16H30N2O/c1-2-8-16(7-1)14-15(6-13-19-16)17-9-5-12-18-10-3-4-11-18/h15,17H,1-14H2. The predicted molar refractivity (Wildman–Crippen MR) is 78.5 cm³/mol. The molecular weight excluding hydrogens is 236 g/mol. The molecule has 2 heterocycles. The molecule has 2 aliphatic heterocycles. The molecule has 1 N–H and O–H groups in total. The Balaban J connectivity index is 1.33. The second kappa shape index (κ2) is 6.55. The largest absolute Gasteiger partial charge is 0.375 e. The van der Waals surface area contributed by atoms with E-state index >= 15 is 0 Å². The quantitative estimate of drug-likeness (QED) is 0.774. The van der Waals surface area contributed by atoms with Gasteiger partial charge in [-0.15, -0.1) is 0 Å². The first kappa shape index (κ1) is 13.8. The van der Waals surface area contributed by atoms with E-state index in [2.05, 4.69) is 10.2 Å². The lowest BCUT2D eigenvalue weighted by Crippen LogP contribution is -2.46. The van der Waals surface area contributed by atoms with Crippen LogP contribution in [0.15, 0.2) is 0 Å². The van der Waals surface area contributed by atoms with Gasteiger partial charge in [-0.2, -0.15) is 0 Å². The third kappa shape index (κ3) is 3.71. The Morgan fingerprint density at radius 3 is 2.68 bits per heavy atom. The lowest BCUT2D eigenvalue weighted by atomic mass is 9.89. The lowest BCUT2D eigenvalue weighted by Gasteiger charge is -2.38. The first-order chi connectivity index (χ1) is 9.36. The van der Waals surface area contributed by atoms with Gasteiger partial charge in [-0.05, 0) is 71.1 Å². The summed E-state index contributed by atoms with van der Waals surface area (Å²) < 4.78 is 6.10. The fraction of sp³-hybridized carbons (Fsp3) is 1.00. The molecule has 3 aliphatic rings. The Morgan fingerprint density at radius 2 is 1.89 bits per heavy atom. The number of hydrogen-bond acceptors (Lipinski definition) is 3. The van der Waals surface area contributed by atoms with Gasteiger partial charge in [0.05, 0.1) is 5.60 Å². The fourth-order valence-electron chi connectivity index (χ4n) is 4.18. The maximum atomic E-state index is 6.10. The molecule has 19 heavy (non-hydrogen) atoms. The second-order valence-electron chi connectivity index (χ2n) is 6.78. The fourth-order valence-corrected chi connectivity index (χ4v) is 4.18. The van der Waals surface area contributed by atoms with E-state index in [1.54, 1.807) is 0 Å². The smallest absolute Gasteiger partial charge is 0.0697 e. The summed E-state index contributed by atoms with van der Waals surface area (Å²) in [6.07, 6.45) is 12.0. The summed E-state index contributed by atoms with van der Waals surface area (Å²) in [7, 11) is 0. The summed E-state index contributed by atoms with van der Waals surface area (Å²) in [4.78, 5) is 2.62. The highest BCUT2D eigenvalue weighted by Crippen LogP contribution is 2.39. The molecule has 1 unspecified atom stereocenters. The number of hydrogen-bond donors (Lipinski definition) is 1. The summed E-state index contributed by atoms with van der Waals surface area (Å²) in [5, 5.41) is 3.79. The summed E-state index contributed by atoms with van der Waals surface area (Å²) >= 11 is 0. The molecule has 3 nitrogen and oxygen atoms in total. The van der Waals surface area contributed by atoms with Crippen LogP contribution in [0.2, 0.25) is 0 Å². The van der Waals surface area contributed by atoms with Gasteiger partial charge in [0.15, 0.2) is 0 Å². The predicted octanol–water partition coefficient (Wildman–Crippen LogP) is 2.55. The molecule has 0 bridgehead atoms. The molecule has 1 saturated carbocycles. The molecule has 3 heteroatoms. The van der Waals surface area contributed by atoms with E-state index in [4.69, 9.17) is 4.74 Å². The number of nitrogens with zero attached hydrogens (tertiary/aromatic N) is 1. The van der Waals surface area contributed by atoms with Gasteiger partial charge in [-0.3, -0.25) is 0 Å². The third-order valence-electron chi connectivity index (χ3n) is 5.29. The van der Waals surface area contributed by atoms with Crippen molar-refractivity contribution in [2.45, 2.75) is 69.4 Å². The molecule has 0 amide bonds. The first-order valence-corrected chi connectivity index (χ1v) is 8.46. The molecule has 0 aromatic rings. The summed E-state index contributed by atoms with van der Waals surface area (Å²) in [6, 6.07) is 0.713. The maximum absolute atomic E-state index is 6.10. The van der Waals surface area contributed by atoms with Crippen LogP contribution in [0.3, 0.4) is 0 Å². The monoisotopic (exact) mass is 266 g/mol. The zero-order valence-corrected chi connectivity index (χ0v) is 12.3. The highest BCUT2D eigenvalue weighted by Gasteiger charge is 2.39. The van der Waals surface area contributed by atoms with Crippen molar-refractivity contribution in [3.63, 3.8) is 0 Å². The van der Waals surface area contributed by atoms with Crippen molar-refractivity contribution < 1.29 is 4.74 Å². The van der Waals surface area contributed by atoms with Crippen molar-refractivity contribution in [1.29, 1.82) is 0 Å². The van der Waals surface area contributed by atoms with Gasteiger partial charge in [0.1, 0.15) is 0 Å². The van der Waals surface area contributed by atoms with Crippen molar-refractivity contribution in [2.75, 3.05) is 32.8 Å². The minimum atomic E-state index is 0.269. The average molecular weight is 266 g/mol. The zero-order chi connectivity index (χ0) is 13.0. The normalized spacial score (nSPS) is 31.3. The number of likely N-dealkylation sites (tertiary alicyclic amines) is 1. The van der Waals surface area contributed by atoms with E-state index in [-0.39, 0.29) is 5.60 Å². The van der Waals surface area contributed by atoms with E-state index < -0.39 is 0 Å². The Bertz CT molecular complexity index is 270. The zero-order valence-electron chi connectivity index (χ0n) is 12.3. The van der Waals surface area contributed by atoms with Crippen LogP contribution in [0.5, 0.6) is 0 Å². The van der Waals surface area contributed by atoms with Gasteiger partial charge >= 0.3 is 0 Å². The molecule has 3 rings (SSSR count). The Morgan fingerprint density at radius 1 is 1.11 bits per heavy atom. The molecule has 110 valence electrons. The van der Waals surface area contributed by atoms with Crippen molar-refractivity contribution in [3.8, 4) is 0 Å². The summed E-state index contributed by atoms with van der Waals surface area (Å²) in [5.41, 5.74) is 0.269. The van der Waals surface area contributed by atoms with Crippen LogP contribution in [0.4, 0.5) is 0 Å². The number of rotatable bonds is 5. The topological polar surface area (TPSA) is 24.5 Å². The van der Waals surface area contributed by atoms with E-state index in [1.165, 1.54) is 84.0 Å². The first-order valence-electron chi connectivity index (χ1n) is 8.46. The van der Waals surface area contributed by atoms with Gasteiger partial charge in [-0.25, -0.2) is 0 Å². The molecule has 0 radical (unpaired) electrons. The lowest BCUT2D eigenvalue weighted by molar-refractivity contribution is -0.0835. The van der Waals surface area contributed by atoms with Crippen LogP contribution in [0.1, 0.15) is 57.8 Å². The van der Waals surface area contributed by atoms with Crippen molar-refractivity contribution >= 4 is 0 Å². The average Bonchev–Trinajstić information content (AvgIpc) is 3.07. The molecule has 1 aliphatic carbocycles. The minimum Gasteiger partial charge on any atom is -0.375 e. The van der Waals surface area contributed by atoms with Crippen LogP contribution >= 0.6 is 0 Å². The highest BCUT2D eigenvalue weighted by molar-refractivity contribution is 4.93. The molecule has 0 aromatic heterocycles. The molecule has 1 atom stereocenters. The van der Waals surface area contributed by atoms with E-state index in [0.717, 1.165) is 6.61 Å². The Kier molecular flexibility index (Phi) is 4.78. The van der Waals surface area contributed by atoms with Crippen LogP contribution < -0.4 is 5.32 Å². The van der Waals surface area contributed by atoms with E-state index in [9.17, 15) is 0 Å². The highest BCUT2D eigenvalue weighted by atomic mass is 16.5. The van der Waals surface area contributed by atoms with Gasteiger partial charge in [0, 0.05) is 12.6 Å². The summed E-state index contributed by atoms with van der Waals surface area (Å²) in [5.74, 6) is 0. The van der Waals surface area contributed by atoms with Crippen molar-refractivity contribution in [3.05, 3.63) is 0 Å². The van der Waals surface area contributed by atoms with Crippen molar-refractivity contribution in [2.24, 2.45) is 0 Å². The van der Waals surface area contributed by atoms with Crippen molar-refractivity contribution in [1.82, 2.24) is 10.2 Å². The second-order valence-corrected chi connectivity index (χ2v) is 6.78. The minimum absolute atomic E-state index is 0.269. The molecule has 0 aromatic carbocycles. The molecule has 1 spiro atoms. The summed E-state index contributed by atoms with van der Waals surface area (Å²) in [6.45, 7) is 6.13. The van der Waals surface area contributed by atoms with Gasteiger partial charge in [-0.1, -0.05) is 12.8 Å². The van der Waals surface area contributed by atoms with Crippen LogP contribution in [0, 0.1) is 0 Å². The van der Waals surface area contributed by atoms with Gasteiger partial charge in [0.2, 0.25) is 0 Å². The van der Waals surface area contributed by atoms with E-state index in [0.29, 0.717) is 6.04 Å². The van der Waals surface area contributed by atoms with E-state index in [1.807, 2.05) is 0 Å². The SMILES string of the molecule is C1CCN(CCCNC2CCOC3(CCCC3)C2)C1. The number of ether oxygens (including phenoxy) is 1. The molecular formula is C16H30N2O.